The van der Waals surface area contributed by atoms with Crippen molar-refractivity contribution in [2.24, 2.45) is 0 Å². The molecule has 0 radical (unpaired) electrons. The molecule has 1 N–H and O–H groups in total. The predicted octanol–water partition coefficient (Wildman–Crippen LogP) is -0.0386. The zero-order valence-electron chi connectivity index (χ0n) is 6.72. The molecule has 0 aliphatic carbocycles. The molecule has 0 saturated carbocycles. The van der Waals surface area contributed by atoms with Crippen molar-refractivity contribution >= 4 is 11.9 Å². The van der Waals surface area contributed by atoms with E-state index in [9.17, 15) is 9.59 Å². The van der Waals surface area contributed by atoms with Gasteiger partial charge >= 0.3 is 11.9 Å². The molecule has 0 spiro atoms. The molecule has 1 heterocycles. The van der Waals surface area contributed by atoms with E-state index in [2.05, 4.69) is 14.7 Å². The number of methoxy groups -OCH3 is 1. The minimum absolute atomic E-state index is 0.0762. The van der Waals surface area contributed by atoms with Gasteiger partial charge in [-0.1, -0.05) is 0 Å². The molecule has 0 aliphatic heterocycles. The maximum absolute atomic E-state index is 10.8. The van der Waals surface area contributed by atoms with Crippen LogP contribution in [0.4, 0.5) is 0 Å². The van der Waals surface area contributed by atoms with E-state index in [1.54, 1.807) is 0 Å². The number of esters is 1. The van der Waals surface area contributed by atoms with Gasteiger partial charge in [-0.2, -0.15) is 0 Å². The maximum atomic E-state index is 10.8. The van der Waals surface area contributed by atoms with Crippen molar-refractivity contribution in [3.8, 4) is 0 Å². The number of hydrogen-bond donors (Lipinski definition) is 1. The zero-order chi connectivity index (χ0) is 9.84. The number of carboxylic acids is 1. The highest BCUT2D eigenvalue weighted by molar-refractivity contribution is 5.88. The average molecular weight is 182 g/mol. The molecule has 0 saturated heterocycles. The van der Waals surface area contributed by atoms with Gasteiger partial charge in [0.05, 0.1) is 12.7 Å². The van der Waals surface area contributed by atoms with Crippen molar-refractivity contribution in [2.45, 2.75) is 0 Å². The number of carbonyl (C=O) groups excluding carboxylic acids is 1. The van der Waals surface area contributed by atoms with Crippen LogP contribution < -0.4 is 0 Å². The first-order valence-electron chi connectivity index (χ1n) is 3.29. The average Bonchev–Trinajstić information content (AvgIpc) is 2.17. The summed E-state index contributed by atoms with van der Waals surface area (Å²) in [6.07, 6.45) is 2.09. The fourth-order valence-electron chi connectivity index (χ4n) is 0.635. The second kappa shape index (κ2) is 3.61. The summed E-state index contributed by atoms with van der Waals surface area (Å²) in [6, 6.07) is 0. The molecule has 68 valence electrons. The van der Waals surface area contributed by atoms with Crippen molar-refractivity contribution in [2.75, 3.05) is 7.11 Å². The van der Waals surface area contributed by atoms with Crippen molar-refractivity contribution < 1.29 is 19.4 Å². The van der Waals surface area contributed by atoms with Crippen LogP contribution >= 0.6 is 0 Å². The number of aromatic nitrogens is 2. The molecule has 1 aromatic rings. The summed E-state index contributed by atoms with van der Waals surface area (Å²) in [5.74, 6) is -2.00. The van der Waals surface area contributed by atoms with Crippen LogP contribution in [-0.2, 0) is 4.74 Å². The summed E-state index contributed by atoms with van der Waals surface area (Å²) in [7, 11) is 1.19. The van der Waals surface area contributed by atoms with Gasteiger partial charge in [0.2, 0.25) is 5.82 Å². The molecular formula is C7H6N2O4. The standard InChI is InChI=1S/C7H6N2O4/c1-13-7(12)5-8-2-4(3-9-5)6(10)11/h2-3H,1H3,(H,10,11). The Morgan fingerprint density at radius 1 is 1.38 bits per heavy atom. The molecule has 0 fully saturated rings. The third-order valence-corrected chi connectivity index (χ3v) is 1.27. The van der Waals surface area contributed by atoms with E-state index in [0.717, 1.165) is 12.4 Å². The minimum Gasteiger partial charge on any atom is -0.478 e. The summed E-state index contributed by atoms with van der Waals surface area (Å²) in [5, 5.41) is 8.48. The SMILES string of the molecule is COC(=O)c1ncc(C(=O)O)cn1. The lowest BCUT2D eigenvalue weighted by atomic mass is 10.3. The van der Waals surface area contributed by atoms with E-state index in [1.165, 1.54) is 7.11 Å². The lowest BCUT2D eigenvalue weighted by molar-refractivity contribution is 0.0583. The van der Waals surface area contributed by atoms with Gasteiger partial charge in [-0.25, -0.2) is 19.6 Å². The monoisotopic (exact) mass is 182 g/mol. The molecule has 0 atom stereocenters. The van der Waals surface area contributed by atoms with Gasteiger partial charge in [0.1, 0.15) is 0 Å². The van der Waals surface area contributed by atoms with Gasteiger partial charge in [0.25, 0.3) is 0 Å². The van der Waals surface area contributed by atoms with Crippen molar-refractivity contribution in [1.29, 1.82) is 0 Å². The van der Waals surface area contributed by atoms with Crippen LogP contribution in [0, 0.1) is 0 Å². The number of hydrogen-bond acceptors (Lipinski definition) is 5. The van der Waals surface area contributed by atoms with Crippen molar-refractivity contribution in [1.82, 2.24) is 9.97 Å². The molecule has 0 bridgehead atoms. The van der Waals surface area contributed by atoms with Crippen LogP contribution in [0.2, 0.25) is 0 Å². The van der Waals surface area contributed by atoms with Gasteiger partial charge in [0.15, 0.2) is 0 Å². The van der Waals surface area contributed by atoms with Crippen LogP contribution in [0.3, 0.4) is 0 Å². The van der Waals surface area contributed by atoms with Gasteiger partial charge < -0.3 is 9.84 Å². The number of carbonyl (C=O) groups is 2. The Balaban J connectivity index is 2.93. The van der Waals surface area contributed by atoms with Crippen LogP contribution in [0.1, 0.15) is 21.0 Å². The summed E-state index contributed by atoms with van der Waals surface area (Å²) in [6.45, 7) is 0. The Labute approximate surface area is 73.2 Å². The third kappa shape index (κ3) is 1.98. The van der Waals surface area contributed by atoms with E-state index in [0.29, 0.717) is 0 Å². The first-order valence-corrected chi connectivity index (χ1v) is 3.29. The van der Waals surface area contributed by atoms with Crippen LogP contribution in [0.5, 0.6) is 0 Å². The Morgan fingerprint density at radius 3 is 2.31 bits per heavy atom. The molecule has 13 heavy (non-hydrogen) atoms. The third-order valence-electron chi connectivity index (χ3n) is 1.27. The topological polar surface area (TPSA) is 89.4 Å². The number of aromatic carboxylic acids is 1. The Bertz CT molecular complexity index is 333. The summed E-state index contributed by atoms with van der Waals surface area (Å²) in [5.41, 5.74) is -0.0762. The molecule has 0 unspecified atom stereocenters. The first-order chi connectivity index (χ1) is 6.15. The van der Waals surface area contributed by atoms with Crippen molar-refractivity contribution in [3.05, 3.63) is 23.8 Å². The predicted molar refractivity (Wildman–Crippen MR) is 40.3 cm³/mol. The first kappa shape index (κ1) is 9.11. The van der Waals surface area contributed by atoms with E-state index >= 15 is 0 Å². The molecule has 0 aromatic carbocycles. The summed E-state index contributed by atoms with van der Waals surface area (Å²) < 4.78 is 4.33. The van der Waals surface area contributed by atoms with Crippen LogP contribution in [-0.4, -0.2) is 34.1 Å². The van der Waals surface area contributed by atoms with Crippen molar-refractivity contribution in [3.63, 3.8) is 0 Å². The second-order valence-electron chi connectivity index (χ2n) is 2.09. The highest BCUT2D eigenvalue weighted by atomic mass is 16.5. The fourth-order valence-corrected chi connectivity index (χ4v) is 0.635. The summed E-state index contributed by atoms with van der Waals surface area (Å²) in [4.78, 5) is 28.2. The van der Waals surface area contributed by atoms with Gasteiger partial charge in [-0.3, -0.25) is 0 Å². The largest absolute Gasteiger partial charge is 0.478 e. The molecule has 0 aliphatic rings. The quantitative estimate of drug-likeness (QED) is 0.645. The molecule has 1 aromatic heterocycles. The maximum Gasteiger partial charge on any atom is 0.376 e. The van der Waals surface area contributed by atoms with E-state index in [4.69, 9.17) is 5.11 Å². The van der Waals surface area contributed by atoms with Gasteiger partial charge in [-0.15, -0.1) is 0 Å². The van der Waals surface area contributed by atoms with Crippen LogP contribution in [0.25, 0.3) is 0 Å². The molecule has 1 rings (SSSR count). The minimum atomic E-state index is -1.14. The summed E-state index contributed by atoms with van der Waals surface area (Å²) >= 11 is 0. The highest BCUT2D eigenvalue weighted by Gasteiger charge is 2.10. The van der Waals surface area contributed by atoms with E-state index in [1.807, 2.05) is 0 Å². The molecule has 0 amide bonds. The molecule has 6 heteroatoms. The van der Waals surface area contributed by atoms with Gasteiger partial charge in [-0.05, 0) is 0 Å². The number of carboxylic acid groups (broad SMARTS) is 1. The van der Waals surface area contributed by atoms with Gasteiger partial charge in [0, 0.05) is 12.4 Å². The number of nitrogens with zero attached hydrogens (tertiary/aromatic N) is 2. The Hall–Kier alpha value is -1.98. The van der Waals surface area contributed by atoms with Crippen LogP contribution in [0.15, 0.2) is 12.4 Å². The Kier molecular flexibility index (Phi) is 2.53. The Morgan fingerprint density at radius 2 is 1.92 bits per heavy atom. The molecule has 6 nitrogen and oxygen atoms in total. The lowest BCUT2D eigenvalue weighted by Crippen LogP contribution is -2.08. The number of ether oxygens (including phenoxy) is 1. The lowest BCUT2D eigenvalue weighted by Gasteiger charge is -1.96. The normalized spacial score (nSPS) is 9.31. The molecular weight excluding hydrogens is 176 g/mol. The zero-order valence-corrected chi connectivity index (χ0v) is 6.72. The number of rotatable bonds is 2. The van der Waals surface area contributed by atoms with E-state index < -0.39 is 11.9 Å². The highest BCUT2D eigenvalue weighted by Crippen LogP contribution is 1.96. The van der Waals surface area contributed by atoms with E-state index in [-0.39, 0.29) is 11.4 Å². The fraction of sp³-hybridized carbons (Fsp3) is 0.143. The second-order valence-corrected chi connectivity index (χ2v) is 2.09. The smallest absolute Gasteiger partial charge is 0.376 e.